The van der Waals surface area contributed by atoms with Gasteiger partial charge < -0.3 is 19.5 Å². The van der Waals surface area contributed by atoms with E-state index in [0.29, 0.717) is 39.0 Å². The van der Waals surface area contributed by atoms with Crippen molar-refractivity contribution in [2.75, 3.05) is 53.2 Å². The number of ether oxygens (including phenoxy) is 3. The first-order valence-corrected chi connectivity index (χ1v) is 9.98. The molecule has 0 bridgehead atoms. The second-order valence-corrected chi connectivity index (χ2v) is 7.05. The quantitative estimate of drug-likeness (QED) is 0.541. The summed E-state index contributed by atoms with van der Waals surface area (Å²) in [5.74, 6) is 0.358. The van der Waals surface area contributed by atoms with Crippen LogP contribution in [0.5, 0.6) is 0 Å². The number of likely N-dealkylation sites (N-methyl/N-ethyl adjacent to an activating group) is 1. The normalized spacial score (nSPS) is 12.4. The predicted octanol–water partition coefficient (Wildman–Crippen LogP) is 3.49. The molecule has 0 aliphatic heterocycles. The largest absolute Gasteiger partial charge is 0.378 e. The molecule has 2 rings (SSSR count). The van der Waals surface area contributed by atoms with Gasteiger partial charge in [0.15, 0.2) is 0 Å². The van der Waals surface area contributed by atoms with Crippen molar-refractivity contribution in [3.63, 3.8) is 0 Å². The Morgan fingerprint density at radius 2 is 1.65 bits per heavy atom. The van der Waals surface area contributed by atoms with Crippen molar-refractivity contribution in [2.45, 2.75) is 19.8 Å². The number of benzene rings is 1. The van der Waals surface area contributed by atoms with Gasteiger partial charge in [-0.2, -0.15) is 0 Å². The number of aryl methyl sites for hydroxylation is 1. The van der Waals surface area contributed by atoms with Crippen molar-refractivity contribution < 1.29 is 14.2 Å². The highest BCUT2D eigenvalue weighted by Gasteiger charge is 2.08. The molecule has 0 fully saturated rings. The van der Waals surface area contributed by atoms with Crippen LogP contribution < -0.4 is 5.32 Å². The van der Waals surface area contributed by atoms with E-state index < -0.39 is 0 Å². The maximum absolute atomic E-state index is 5.73. The summed E-state index contributed by atoms with van der Waals surface area (Å²) in [7, 11) is 1.91. The lowest BCUT2D eigenvalue weighted by molar-refractivity contribution is 0.0132. The Hall–Kier alpha value is -1.31. The first-order valence-electron chi connectivity index (χ1n) is 9.10. The van der Waals surface area contributed by atoms with Crippen molar-refractivity contribution in [2.24, 2.45) is 0 Å². The summed E-state index contributed by atoms with van der Waals surface area (Å²) >= 11 is 1.68. The summed E-state index contributed by atoms with van der Waals surface area (Å²) in [6, 6.07) is 8.70. The maximum atomic E-state index is 5.73. The minimum atomic E-state index is 0.358. The summed E-state index contributed by atoms with van der Waals surface area (Å²) in [5.41, 5.74) is 5.50. The zero-order chi connectivity index (χ0) is 18.6. The number of thiazole rings is 1. The lowest BCUT2D eigenvalue weighted by atomic mass is 10.00. The van der Waals surface area contributed by atoms with E-state index in [1.807, 2.05) is 19.5 Å². The van der Waals surface area contributed by atoms with E-state index in [0.717, 1.165) is 18.8 Å². The molecule has 0 spiro atoms. The molecule has 1 unspecified atom stereocenters. The fraction of sp³-hybridized carbons (Fsp3) is 0.550. The van der Waals surface area contributed by atoms with Gasteiger partial charge in [-0.05, 0) is 25.1 Å². The lowest BCUT2D eigenvalue weighted by Gasteiger charge is -2.13. The molecule has 0 radical (unpaired) electrons. The fourth-order valence-electron chi connectivity index (χ4n) is 2.51. The van der Waals surface area contributed by atoms with Gasteiger partial charge in [0.05, 0.1) is 55.7 Å². The molecule has 1 heterocycles. The monoisotopic (exact) mass is 378 g/mol. The summed E-state index contributed by atoms with van der Waals surface area (Å²) < 4.78 is 16.6. The average molecular weight is 379 g/mol. The van der Waals surface area contributed by atoms with Crippen LogP contribution in [0.15, 0.2) is 29.8 Å². The highest BCUT2D eigenvalue weighted by molar-refractivity contribution is 7.13. The summed E-state index contributed by atoms with van der Waals surface area (Å²) in [6.07, 6.45) is 0. The molecule has 1 N–H and O–H groups in total. The van der Waals surface area contributed by atoms with Gasteiger partial charge in [-0.3, -0.25) is 0 Å². The maximum Gasteiger partial charge on any atom is 0.0801 e. The number of hydrogen-bond donors (Lipinski definition) is 1. The molecule has 6 heteroatoms. The van der Waals surface area contributed by atoms with Gasteiger partial charge in [0.1, 0.15) is 0 Å². The van der Waals surface area contributed by atoms with Crippen LogP contribution in [0.1, 0.15) is 24.1 Å². The highest BCUT2D eigenvalue weighted by Crippen LogP contribution is 2.28. The van der Waals surface area contributed by atoms with Crippen LogP contribution in [-0.2, 0) is 14.2 Å². The lowest BCUT2D eigenvalue weighted by Crippen LogP contribution is -2.17. The van der Waals surface area contributed by atoms with Crippen molar-refractivity contribution in [1.29, 1.82) is 0 Å². The van der Waals surface area contributed by atoms with Gasteiger partial charge >= 0.3 is 0 Å². The number of rotatable bonds is 13. The third-order valence-corrected chi connectivity index (χ3v) is 5.07. The van der Waals surface area contributed by atoms with Crippen LogP contribution in [-0.4, -0.2) is 58.2 Å². The molecule has 1 atom stereocenters. The first-order chi connectivity index (χ1) is 12.7. The number of nitrogens with zero attached hydrogens (tertiary/aromatic N) is 1. The Labute approximate surface area is 160 Å². The fourth-order valence-corrected chi connectivity index (χ4v) is 3.32. The van der Waals surface area contributed by atoms with E-state index in [1.54, 1.807) is 11.3 Å². The molecule has 2 aromatic rings. The molecule has 5 nitrogen and oxygen atoms in total. The Bertz CT molecular complexity index is 616. The summed E-state index contributed by atoms with van der Waals surface area (Å²) in [4.78, 5) is 5.56. The Morgan fingerprint density at radius 1 is 1.00 bits per heavy atom. The van der Waals surface area contributed by atoms with E-state index in [2.05, 4.69) is 41.5 Å². The molecule has 26 heavy (non-hydrogen) atoms. The molecule has 0 aliphatic carbocycles. The molecular formula is C20H30N2O3S. The van der Waals surface area contributed by atoms with Crippen LogP contribution in [0.3, 0.4) is 0 Å². The van der Waals surface area contributed by atoms with Crippen molar-refractivity contribution in [3.8, 4) is 10.4 Å². The zero-order valence-corrected chi connectivity index (χ0v) is 16.8. The minimum Gasteiger partial charge on any atom is -0.378 e. The average Bonchev–Trinajstić information content (AvgIpc) is 3.09. The molecule has 0 saturated heterocycles. The number of hydrogen-bond acceptors (Lipinski definition) is 6. The molecule has 0 saturated carbocycles. The zero-order valence-electron chi connectivity index (χ0n) is 16.0. The van der Waals surface area contributed by atoms with Crippen LogP contribution >= 0.6 is 11.3 Å². The van der Waals surface area contributed by atoms with E-state index in [9.17, 15) is 0 Å². The van der Waals surface area contributed by atoms with Crippen LogP contribution in [0.25, 0.3) is 10.4 Å². The number of aromatic nitrogens is 1. The van der Waals surface area contributed by atoms with Crippen molar-refractivity contribution >= 4 is 11.3 Å². The molecule has 0 amide bonds. The predicted molar refractivity (Wildman–Crippen MR) is 107 cm³/mol. The van der Waals surface area contributed by atoms with E-state index in [1.165, 1.54) is 16.0 Å². The molecule has 144 valence electrons. The van der Waals surface area contributed by atoms with Crippen LogP contribution in [0.4, 0.5) is 0 Å². The van der Waals surface area contributed by atoms with Gasteiger partial charge in [0.2, 0.25) is 0 Å². The summed E-state index contributed by atoms with van der Waals surface area (Å²) in [6.45, 7) is 8.97. The second-order valence-electron chi connectivity index (χ2n) is 6.19. The SMILES string of the molecule is CNCCOCCOCCOCC(C)c1ccc(-c2scnc2C)cc1. The van der Waals surface area contributed by atoms with E-state index in [4.69, 9.17) is 14.2 Å². The van der Waals surface area contributed by atoms with Crippen LogP contribution in [0.2, 0.25) is 0 Å². The van der Waals surface area contributed by atoms with E-state index in [-0.39, 0.29) is 0 Å². The van der Waals surface area contributed by atoms with Gasteiger partial charge in [-0.1, -0.05) is 31.2 Å². The smallest absolute Gasteiger partial charge is 0.0801 e. The van der Waals surface area contributed by atoms with Gasteiger partial charge in [0, 0.05) is 12.5 Å². The Morgan fingerprint density at radius 3 is 2.27 bits per heavy atom. The molecule has 1 aromatic heterocycles. The van der Waals surface area contributed by atoms with Crippen molar-refractivity contribution in [1.82, 2.24) is 10.3 Å². The third-order valence-electron chi connectivity index (χ3n) is 4.10. The van der Waals surface area contributed by atoms with E-state index >= 15 is 0 Å². The molecule has 0 aliphatic rings. The topological polar surface area (TPSA) is 52.6 Å². The van der Waals surface area contributed by atoms with Crippen LogP contribution in [0, 0.1) is 6.92 Å². The molecule has 1 aromatic carbocycles. The highest BCUT2D eigenvalue weighted by atomic mass is 32.1. The van der Waals surface area contributed by atoms with Gasteiger partial charge in [-0.15, -0.1) is 11.3 Å². The third kappa shape index (κ3) is 7.13. The Kier molecular flexibility index (Phi) is 9.81. The Balaban J connectivity index is 1.60. The standard InChI is InChI=1S/C20H30N2O3S/c1-16(14-25-13-12-24-11-10-23-9-8-21-3)18-4-6-19(7-5-18)20-17(2)22-15-26-20/h4-7,15-16,21H,8-14H2,1-3H3. The second kappa shape index (κ2) is 12.1. The minimum absolute atomic E-state index is 0.358. The van der Waals surface area contributed by atoms with Crippen molar-refractivity contribution in [3.05, 3.63) is 41.0 Å². The van der Waals surface area contributed by atoms with Gasteiger partial charge in [0.25, 0.3) is 0 Å². The number of nitrogens with one attached hydrogen (secondary N) is 1. The molecular weight excluding hydrogens is 348 g/mol. The first kappa shape index (κ1) is 21.0. The van der Waals surface area contributed by atoms with Gasteiger partial charge in [-0.25, -0.2) is 4.98 Å². The summed E-state index contributed by atoms with van der Waals surface area (Å²) in [5, 5.41) is 3.03.